The summed E-state index contributed by atoms with van der Waals surface area (Å²) in [6.07, 6.45) is 6.70. The van der Waals surface area contributed by atoms with Crippen molar-refractivity contribution in [3.05, 3.63) is 95.8 Å². The SMILES string of the molecule is CN(C(=O)CSc1nnc(-c2ccncc2)n1Cc1ccccc1)[C@H]1CCCc2ccccc21. The Labute approximate surface area is 204 Å². The van der Waals surface area contributed by atoms with Gasteiger partial charge in [-0.3, -0.25) is 14.3 Å². The maximum atomic E-state index is 13.2. The number of aryl methyl sites for hydroxylation is 1. The first-order valence-corrected chi connectivity index (χ1v) is 12.5. The van der Waals surface area contributed by atoms with Crippen LogP contribution in [0.5, 0.6) is 0 Å². The molecule has 0 unspecified atom stereocenters. The molecule has 34 heavy (non-hydrogen) atoms. The molecule has 1 atom stereocenters. The molecule has 2 heterocycles. The second kappa shape index (κ2) is 10.2. The van der Waals surface area contributed by atoms with E-state index in [1.165, 1.54) is 22.9 Å². The van der Waals surface area contributed by atoms with Gasteiger partial charge in [-0.05, 0) is 48.1 Å². The van der Waals surface area contributed by atoms with Gasteiger partial charge in [-0.2, -0.15) is 0 Å². The van der Waals surface area contributed by atoms with E-state index in [4.69, 9.17) is 0 Å². The van der Waals surface area contributed by atoms with Gasteiger partial charge in [0.25, 0.3) is 0 Å². The van der Waals surface area contributed by atoms with E-state index < -0.39 is 0 Å². The van der Waals surface area contributed by atoms with Crippen LogP contribution in [0.1, 0.15) is 35.6 Å². The van der Waals surface area contributed by atoms with Crippen LogP contribution in [-0.2, 0) is 17.8 Å². The van der Waals surface area contributed by atoms with Gasteiger partial charge in [-0.1, -0.05) is 66.4 Å². The number of hydrogen-bond donors (Lipinski definition) is 0. The van der Waals surface area contributed by atoms with Crippen molar-refractivity contribution in [3.8, 4) is 11.4 Å². The van der Waals surface area contributed by atoms with Crippen molar-refractivity contribution < 1.29 is 4.79 Å². The summed E-state index contributed by atoms with van der Waals surface area (Å²) in [4.78, 5) is 19.2. The number of amides is 1. The van der Waals surface area contributed by atoms with E-state index in [0.717, 1.165) is 41.4 Å². The molecule has 1 amide bonds. The number of carbonyl (C=O) groups excluding carboxylic acids is 1. The zero-order valence-electron chi connectivity index (χ0n) is 19.2. The topological polar surface area (TPSA) is 63.9 Å². The first kappa shape index (κ1) is 22.3. The molecule has 7 heteroatoms. The lowest BCUT2D eigenvalue weighted by Crippen LogP contribution is -2.34. The van der Waals surface area contributed by atoms with E-state index in [1.807, 2.05) is 42.3 Å². The van der Waals surface area contributed by atoms with Gasteiger partial charge in [0.15, 0.2) is 11.0 Å². The van der Waals surface area contributed by atoms with Crippen molar-refractivity contribution in [2.75, 3.05) is 12.8 Å². The minimum absolute atomic E-state index is 0.103. The molecule has 0 fully saturated rings. The largest absolute Gasteiger partial charge is 0.338 e. The standard InChI is InChI=1S/C27H27N5OS/c1-31(24-13-7-11-21-10-5-6-12-23(21)24)25(33)19-34-27-30-29-26(22-14-16-28-17-15-22)32(27)18-20-8-3-2-4-9-20/h2-6,8-10,12,14-17,24H,7,11,13,18-19H2,1H3/t24-/m0/s1. The Morgan fingerprint density at radius 1 is 1.03 bits per heavy atom. The zero-order valence-corrected chi connectivity index (χ0v) is 20.0. The Balaban J connectivity index is 1.35. The molecule has 0 bridgehead atoms. The fraction of sp³-hybridized carbons (Fsp3) is 0.259. The van der Waals surface area contributed by atoms with Crippen LogP contribution in [0.2, 0.25) is 0 Å². The Kier molecular flexibility index (Phi) is 6.72. The summed E-state index contributed by atoms with van der Waals surface area (Å²) in [5, 5.41) is 9.66. The number of nitrogens with zero attached hydrogens (tertiary/aromatic N) is 5. The van der Waals surface area contributed by atoms with Crippen molar-refractivity contribution in [2.24, 2.45) is 0 Å². The number of aromatic nitrogens is 4. The average Bonchev–Trinajstić information content (AvgIpc) is 3.29. The van der Waals surface area contributed by atoms with Crippen molar-refractivity contribution >= 4 is 17.7 Å². The third-order valence-electron chi connectivity index (χ3n) is 6.36. The molecule has 172 valence electrons. The minimum Gasteiger partial charge on any atom is -0.338 e. The Morgan fingerprint density at radius 2 is 1.79 bits per heavy atom. The van der Waals surface area contributed by atoms with Gasteiger partial charge in [0.05, 0.1) is 18.3 Å². The summed E-state index contributed by atoms with van der Waals surface area (Å²) in [7, 11) is 1.92. The van der Waals surface area contributed by atoms with E-state index >= 15 is 0 Å². The Hall–Kier alpha value is -3.45. The fourth-order valence-electron chi connectivity index (χ4n) is 4.55. The molecule has 0 saturated heterocycles. The third kappa shape index (κ3) is 4.75. The summed E-state index contributed by atoms with van der Waals surface area (Å²) >= 11 is 1.45. The lowest BCUT2D eigenvalue weighted by Gasteiger charge is -2.33. The summed E-state index contributed by atoms with van der Waals surface area (Å²) in [5.41, 5.74) is 4.74. The monoisotopic (exact) mass is 469 g/mol. The number of pyridine rings is 1. The van der Waals surface area contributed by atoms with Crippen LogP contribution < -0.4 is 0 Å². The van der Waals surface area contributed by atoms with Crippen LogP contribution in [0.15, 0.2) is 84.3 Å². The highest BCUT2D eigenvalue weighted by molar-refractivity contribution is 7.99. The van der Waals surface area contributed by atoms with Gasteiger partial charge >= 0.3 is 0 Å². The lowest BCUT2D eigenvalue weighted by atomic mass is 9.87. The van der Waals surface area contributed by atoms with E-state index in [-0.39, 0.29) is 11.9 Å². The molecule has 2 aromatic heterocycles. The molecule has 0 saturated carbocycles. The van der Waals surface area contributed by atoms with Crippen molar-refractivity contribution in [2.45, 2.75) is 37.0 Å². The van der Waals surface area contributed by atoms with Crippen LogP contribution >= 0.6 is 11.8 Å². The molecule has 0 spiro atoms. The third-order valence-corrected chi connectivity index (χ3v) is 7.31. The zero-order chi connectivity index (χ0) is 23.3. The molecule has 0 radical (unpaired) electrons. The lowest BCUT2D eigenvalue weighted by molar-refractivity contribution is -0.129. The van der Waals surface area contributed by atoms with E-state index in [1.54, 1.807) is 12.4 Å². The summed E-state index contributed by atoms with van der Waals surface area (Å²) in [6.45, 7) is 0.633. The molecule has 1 aliphatic carbocycles. The fourth-order valence-corrected chi connectivity index (χ4v) is 5.41. The number of benzene rings is 2. The van der Waals surface area contributed by atoms with Crippen molar-refractivity contribution in [1.29, 1.82) is 0 Å². The predicted octanol–water partition coefficient (Wildman–Crippen LogP) is 5.02. The number of thioether (sulfide) groups is 1. The second-order valence-corrected chi connectivity index (χ2v) is 9.46. The Morgan fingerprint density at radius 3 is 2.62 bits per heavy atom. The van der Waals surface area contributed by atoms with Gasteiger partial charge in [0.2, 0.25) is 5.91 Å². The molecular weight excluding hydrogens is 442 g/mol. The summed E-state index contributed by atoms with van der Waals surface area (Å²) < 4.78 is 2.08. The molecule has 4 aromatic rings. The molecule has 0 aliphatic heterocycles. The van der Waals surface area contributed by atoms with Gasteiger partial charge in [0, 0.05) is 25.0 Å². The number of hydrogen-bond acceptors (Lipinski definition) is 5. The minimum atomic E-state index is 0.103. The molecule has 1 aliphatic rings. The van der Waals surface area contributed by atoms with Gasteiger partial charge in [0.1, 0.15) is 0 Å². The highest BCUT2D eigenvalue weighted by atomic mass is 32.2. The van der Waals surface area contributed by atoms with E-state index in [0.29, 0.717) is 12.3 Å². The number of fused-ring (bicyclic) bond motifs is 1. The summed E-state index contributed by atoms with van der Waals surface area (Å²) in [5.74, 6) is 1.19. The predicted molar refractivity (Wildman–Crippen MR) is 134 cm³/mol. The van der Waals surface area contributed by atoms with Gasteiger partial charge < -0.3 is 4.90 Å². The van der Waals surface area contributed by atoms with Crippen molar-refractivity contribution in [1.82, 2.24) is 24.6 Å². The second-order valence-electron chi connectivity index (χ2n) is 8.51. The van der Waals surface area contributed by atoms with Gasteiger partial charge in [-0.25, -0.2) is 0 Å². The quantitative estimate of drug-likeness (QED) is 0.356. The maximum absolute atomic E-state index is 13.2. The van der Waals surface area contributed by atoms with Crippen LogP contribution in [0.4, 0.5) is 0 Å². The molecule has 5 rings (SSSR count). The smallest absolute Gasteiger partial charge is 0.233 e. The molecule has 6 nitrogen and oxygen atoms in total. The number of rotatable bonds is 7. The average molecular weight is 470 g/mol. The van der Waals surface area contributed by atoms with Crippen LogP contribution in [-0.4, -0.2) is 43.4 Å². The summed E-state index contributed by atoms with van der Waals surface area (Å²) in [6, 6.07) is 22.7. The highest BCUT2D eigenvalue weighted by Crippen LogP contribution is 2.34. The Bertz CT molecular complexity index is 1260. The van der Waals surface area contributed by atoms with Crippen LogP contribution in [0.25, 0.3) is 11.4 Å². The normalized spacial score (nSPS) is 15.0. The molecule has 2 aromatic carbocycles. The molecular formula is C27H27N5OS. The van der Waals surface area contributed by atoms with E-state index in [2.05, 4.69) is 56.1 Å². The van der Waals surface area contributed by atoms with Crippen LogP contribution in [0.3, 0.4) is 0 Å². The van der Waals surface area contributed by atoms with Crippen molar-refractivity contribution in [3.63, 3.8) is 0 Å². The molecule has 0 N–H and O–H groups in total. The van der Waals surface area contributed by atoms with Gasteiger partial charge in [-0.15, -0.1) is 10.2 Å². The first-order chi connectivity index (χ1) is 16.7. The highest BCUT2D eigenvalue weighted by Gasteiger charge is 2.27. The van der Waals surface area contributed by atoms with Crippen LogP contribution in [0, 0.1) is 0 Å². The maximum Gasteiger partial charge on any atom is 0.233 e. The first-order valence-electron chi connectivity index (χ1n) is 11.5. The van der Waals surface area contributed by atoms with E-state index in [9.17, 15) is 4.79 Å². The number of carbonyl (C=O) groups is 1.